The van der Waals surface area contributed by atoms with E-state index in [9.17, 15) is 4.79 Å². The van der Waals surface area contributed by atoms with E-state index in [1.54, 1.807) is 0 Å². The van der Waals surface area contributed by atoms with Gasteiger partial charge in [-0.25, -0.2) is 0 Å². The fourth-order valence-corrected chi connectivity index (χ4v) is 4.89. The van der Waals surface area contributed by atoms with E-state index in [1.165, 1.54) is 0 Å². The maximum atomic E-state index is 13.5. The van der Waals surface area contributed by atoms with E-state index >= 15 is 0 Å². The van der Waals surface area contributed by atoms with Crippen LogP contribution in [0.25, 0.3) is 10.9 Å². The van der Waals surface area contributed by atoms with Gasteiger partial charge >= 0.3 is 0 Å². The van der Waals surface area contributed by atoms with E-state index in [0.717, 1.165) is 54.6 Å². The van der Waals surface area contributed by atoms with E-state index < -0.39 is 0 Å². The summed E-state index contributed by atoms with van der Waals surface area (Å²) in [6.45, 7) is 2.33. The number of ether oxygens (including phenoxy) is 1. The molecule has 2 aliphatic rings. The zero-order valence-corrected chi connectivity index (χ0v) is 15.8. The standard InChI is InChI=1S/C21H24N4O2/c1-23-9-6-16-17(4-3-5-18(16)23)20(26)25-14-21(7-10-27-11-8-21)19(25)15-12-22-24(2)13-15/h3-6,9,12-13,19H,7-8,10-11,14H2,1-2H3. The smallest absolute Gasteiger partial charge is 0.255 e. The fourth-order valence-electron chi connectivity index (χ4n) is 4.89. The molecule has 0 saturated carbocycles. The van der Waals surface area contributed by atoms with Gasteiger partial charge in [0.15, 0.2) is 0 Å². The highest BCUT2D eigenvalue weighted by Crippen LogP contribution is 2.55. The lowest BCUT2D eigenvalue weighted by atomic mass is 9.64. The molecule has 4 heterocycles. The predicted molar refractivity (Wildman–Crippen MR) is 102 cm³/mol. The topological polar surface area (TPSA) is 52.3 Å². The molecule has 0 bridgehead atoms. The molecule has 1 atom stereocenters. The lowest BCUT2D eigenvalue weighted by molar-refractivity contribution is -0.115. The average Bonchev–Trinajstić information content (AvgIpc) is 3.26. The van der Waals surface area contributed by atoms with Gasteiger partial charge in [-0.2, -0.15) is 5.10 Å². The molecule has 1 unspecified atom stereocenters. The number of fused-ring (bicyclic) bond motifs is 1. The van der Waals surface area contributed by atoms with Crippen LogP contribution in [0.2, 0.25) is 0 Å². The number of aromatic nitrogens is 3. The van der Waals surface area contributed by atoms with Crippen LogP contribution < -0.4 is 0 Å². The Balaban J connectivity index is 1.54. The third-order valence-electron chi connectivity index (χ3n) is 6.33. The first kappa shape index (κ1) is 16.6. The zero-order valence-electron chi connectivity index (χ0n) is 15.8. The SMILES string of the molecule is Cn1cc(C2N(C(=O)c3cccc4c3ccn4C)CC23CCOCC3)cn1. The van der Waals surface area contributed by atoms with Crippen LogP contribution in [0.5, 0.6) is 0 Å². The van der Waals surface area contributed by atoms with Crippen molar-refractivity contribution in [2.24, 2.45) is 19.5 Å². The number of rotatable bonds is 2. The molecule has 1 amide bonds. The molecule has 2 fully saturated rings. The lowest BCUT2D eigenvalue weighted by Gasteiger charge is -2.59. The van der Waals surface area contributed by atoms with Crippen LogP contribution in [0.15, 0.2) is 42.9 Å². The van der Waals surface area contributed by atoms with Crippen LogP contribution in [0, 0.1) is 5.41 Å². The minimum atomic E-state index is 0.0709. The molecule has 0 aliphatic carbocycles. The van der Waals surface area contributed by atoms with Crippen molar-refractivity contribution in [1.29, 1.82) is 0 Å². The molecule has 2 aliphatic heterocycles. The van der Waals surface area contributed by atoms with Crippen LogP contribution in [0.1, 0.15) is 34.8 Å². The summed E-state index contributed by atoms with van der Waals surface area (Å²) in [6, 6.07) is 8.08. The first-order valence-corrected chi connectivity index (χ1v) is 9.50. The second-order valence-corrected chi connectivity index (χ2v) is 7.92. The van der Waals surface area contributed by atoms with Crippen molar-refractivity contribution < 1.29 is 9.53 Å². The van der Waals surface area contributed by atoms with Crippen LogP contribution >= 0.6 is 0 Å². The molecule has 0 N–H and O–H groups in total. The molecule has 5 rings (SSSR count). The largest absolute Gasteiger partial charge is 0.381 e. The Morgan fingerprint density at radius 2 is 2.04 bits per heavy atom. The molecule has 6 heteroatoms. The molecule has 2 saturated heterocycles. The maximum absolute atomic E-state index is 13.5. The van der Waals surface area contributed by atoms with Crippen molar-refractivity contribution >= 4 is 16.8 Å². The van der Waals surface area contributed by atoms with E-state index in [-0.39, 0.29) is 17.4 Å². The maximum Gasteiger partial charge on any atom is 0.255 e. The highest BCUT2D eigenvalue weighted by atomic mass is 16.5. The fraction of sp³-hybridized carbons (Fsp3) is 0.429. The monoisotopic (exact) mass is 364 g/mol. The van der Waals surface area contributed by atoms with Crippen molar-refractivity contribution in [1.82, 2.24) is 19.2 Å². The number of carbonyl (C=O) groups excluding carboxylic acids is 1. The molecular formula is C21H24N4O2. The third-order valence-corrected chi connectivity index (χ3v) is 6.33. The van der Waals surface area contributed by atoms with Crippen LogP contribution in [0.3, 0.4) is 0 Å². The molecule has 1 aromatic carbocycles. The van der Waals surface area contributed by atoms with Crippen LogP contribution in [-0.4, -0.2) is 44.9 Å². The number of benzene rings is 1. The van der Waals surface area contributed by atoms with Crippen LogP contribution in [0.4, 0.5) is 0 Å². The van der Waals surface area contributed by atoms with Gasteiger partial charge in [0, 0.05) is 73.7 Å². The lowest BCUT2D eigenvalue weighted by Crippen LogP contribution is -2.62. The Kier molecular flexibility index (Phi) is 3.65. The Bertz CT molecular complexity index is 1010. The van der Waals surface area contributed by atoms with Crippen molar-refractivity contribution in [3.8, 4) is 0 Å². The van der Waals surface area contributed by atoms with Gasteiger partial charge in [0.05, 0.1) is 12.2 Å². The average molecular weight is 364 g/mol. The van der Waals surface area contributed by atoms with Gasteiger partial charge in [0.2, 0.25) is 0 Å². The second-order valence-electron chi connectivity index (χ2n) is 7.92. The zero-order chi connectivity index (χ0) is 18.6. The van der Waals surface area contributed by atoms with Gasteiger partial charge in [0.25, 0.3) is 5.91 Å². The summed E-state index contributed by atoms with van der Waals surface area (Å²) in [5.74, 6) is 0.109. The van der Waals surface area contributed by atoms with E-state index in [0.29, 0.717) is 0 Å². The summed E-state index contributed by atoms with van der Waals surface area (Å²) < 4.78 is 9.48. The minimum Gasteiger partial charge on any atom is -0.381 e. The molecule has 6 nitrogen and oxygen atoms in total. The number of hydrogen-bond acceptors (Lipinski definition) is 3. The van der Waals surface area contributed by atoms with Gasteiger partial charge < -0.3 is 14.2 Å². The third kappa shape index (κ3) is 2.43. The highest BCUT2D eigenvalue weighted by molar-refractivity contribution is 6.07. The predicted octanol–water partition coefficient (Wildman–Crippen LogP) is 2.91. The molecular weight excluding hydrogens is 340 g/mol. The summed E-state index contributed by atoms with van der Waals surface area (Å²) in [7, 11) is 3.94. The first-order valence-electron chi connectivity index (χ1n) is 9.50. The van der Waals surface area contributed by atoms with Crippen molar-refractivity contribution in [3.63, 3.8) is 0 Å². The molecule has 2 aromatic heterocycles. The summed E-state index contributed by atoms with van der Waals surface area (Å²) >= 11 is 0. The number of likely N-dealkylation sites (tertiary alicyclic amines) is 1. The van der Waals surface area contributed by atoms with Crippen molar-refractivity contribution in [2.45, 2.75) is 18.9 Å². The Morgan fingerprint density at radius 1 is 1.22 bits per heavy atom. The summed E-state index contributed by atoms with van der Waals surface area (Å²) in [5.41, 5.74) is 3.10. The molecule has 140 valence electrons. The minimum absolute atomic E-state index is 0.0709. The van der Waals surface area contributed by atoms with E-state index in [4.69, 9.17) is 4.74 Å². The van der Waals surface area contributed by atoms with Gasteiger partial charge in [-0.1, -0.05) is 6.07 Å². The Labute approximate surface area is 158 Å². The molecule has 3 aromatic rings. The Hall–Kier alpha value is -2.60. The molecule has 1 spiro atoms. The Morgan fingerprint density at radius 3 is 2.78 bits per heavy atom. The van der Waals surface area contributed by atoms with Gasteiger partial charge in [-0.15, -0.1) is 0 Å². The number of aryl methyl sites for hydroxylation is 2. The van der Waals surface area contributed by atoms with Gasteiger partial charge in [-0.05, 0) is 31.0 Å². The number of hydrogen-bond donors (Lipinski definition) is 0. The number of nitrogens with zero attached hydrogens (tertiary/aromatic N) is 4. The highest BCUT2D eigenvalue weighted by Gasteiger charge is 2.55. The quantitative estimate of drug-likeness (QED) is 0.703. The van der Waals surface area contributed by atoms with Crippen LogP contribution in [-0.2, 0) is 18.8 Å². The number of amides is 1. The van der Waals surface area contributed by atoms with Crippen molar-refractivity contribution in [3.05, 3.63) is 54.0 Å². The summed E-state index contributed by atoms with van der Waals surface area (Å²) in [5, 5.41) is 5.38. The van der Waals surface area contributed by atoms with Crippen molar-refractivity contribution in [2.75, 3.05) is 19.8 Å². The normalized spacial score (nSPS) is 21.6. The summed E-state index contributed by atoms with van der Waals surface area (Å²) in [6.07, 6.45) is 7.95. The van der Waals surface area contributed by atoms with Gasteiger partial charge in [0.1, 0.15) is 0 Å². The molecule has 27 heavy (non-hydrogen) atoms. The van der Waals surface area contributed by atoms with Gasteiger partial charge in [-0.3, -0.25) is 9.48 Å². The first-order chi connectivity index (χ1) is 13.1. The van der Waals surface area contributed by atoms with E-state index in [2.05, 4.69) is 15.7 Å². The number of carbonyl (C=O) groups is 1. The van der Waals surface area contributed by atoms with E-state index in [1.807, 2.05) is 60.5 Å². The molecule has 0 radical (unpaired) electrons. The summed E-state index contributed by atoms with van der Waals surface area (Å²) in [4.78, 5) is 15.6. The second kappa shape index (κ2) is 5.96.